The molecule has 1 amide bonds. The van der Waals surface area contributed by atoms with Gasteiger partial charge in [-0.05, 0) is 37.5 Å². The van der Waals surface area contributed by atoms with Crippen LogP contribution in [0.2, 0.25) is 0 Å². The molecule has 2 aliphatic heterocycles. The Balaban J connectivity index is 1.64. The van der Waals surface area contributed by atoms with Gasteiger partial charge in [0.1, 0.15) is 0 Å². The normalized spacial score (nSPS) is 27.4. The molecule has 2 N–H and O–H groups in total. The van der Waals surface area contributed by atoms with Gasteiger partial charge in [0.05, 0.1) is 18.0 Å². The fourth-order valence-corrected chi connectivity index (χ4v) is 5.87. The summed E-state index contributed by atoms with van der Waals surface area (Å²) in [5.41, 5.74) is 0.549. The van der Waals surface area contributed by atoms with E-state index in [1.54, 1.807) is 24.3 Å². The zero-order valence-corrected chi connectivity index (χ0v) is 16.5. The van der Waals surface area contributed by atoms with E-state index in [4.69, 9.17) is 0 Å². The number of likely N-dealkylation sites (tertiary alicyclic amines) is 1. The van der Waals surface area contributed by atoms with Gasteiger partial charge in [-0.15, -0.1) is 0 Å². The van der Waals surface area contributed by atoms with E-state index in [-0.39, 0.29) is 10.8 Å². The lowest BCUT2D eigenvalue weighted by molar-refractivity contribution is -0.904. The van der Waals surface area contributed by atoms with E-state index in [9.17, 15) is 13.2 Å². The molecule has 2 heterocycles. The van der Waals surface area contributed by atoms with Crippen LogP contribution >= 0.6 is 0 Å². The van der Waals surface area contributed by atoms with E-state index >= 15 is 0 Å². The van der Waals surface area contributed by atoms with E-state index in [1.165, 1.54) is 15.6 Å². The van der Waals surface area contributed by atoms with Gasteiger partial charge in [0.15, 0.2) is 6.54 Å². The van der Waals surface area contributed by atoms with Crippen LogP contribution < -0.4 is 10.2 Å². The van der Waals surface area contributed by atoms with Gasteiger partial charge in [-0.25, -0.2) is 8.42 Å². The summed E-state index contributed by atoms with van der Waals surface area (Å²) in [5, 5.41) is 2.88. The van der Waals surface area contributed by atoms with Crippen LogP contribution in [0.15, 0.2) is 29.2 Å². The molecular weight excluding hydrogens is 350 g/mol. The van der Waals surface area contributed by atoms with Crippen LogP contribution in [0.1, 0.15) is 33.1 Å². The topological polar surface area (TPSA) is 70.9 Å². The molecule has 0 bridgehead atoms. The highest BCUT2D eigenvalue weighted by atomic mass is 32.2. The summed E-state index contributed by atoms with van der Waals surface area (Å²) in [6.45, 7) is 8.09. The third kappa shape index (κ3) is 4.64. The number of amides is 1. The van der Waals surface area contributed by atoms with Gasteiger partial charge in [0, 0.05) is 30.6 Å². The Labute approximate surface area is 156 Å². The summed E-state index contributed by atoms with van der Waals surface area (Å²) < 4.78 is 26.9. The van der Waals surface area contributed by atoms with Crippen molar-refractivity contribution in [2.45, 2.75) is 38.0 Å². The number of anilines is 1. The Morgan fingerprint density at radius 3 is 2.50 bits per heavy atom. The fraction of sp³-hybridized carbons (Fsp3) is 0.632. The quantitative estimate of drug-likeness (QED) is 0.800. The molecule has 0 unspecified atom stereocenters. The summed E-state index contributed by atoms with van der Waals surface area (Å²) in [6, 6.07) is 6.61. The first-order valence-corrected chi connectivity index (χ1v) is 11.0. The number of hydrogen-bond donors (Lipinski definition) is 2. The van der Waals surface area contributed by atoms with E-state index in [1.807, 2.05) is 0 Å². The highest BCUT2D eigenvalue weighted by Gasteiger charge is 2.28. The number of sulfonamides is 1. The van der Waals surface area contributed by atoms with Crippen LogP contribution in [0.5, 0.6) is 0 Å². The number of rotatable bonds is 5. The van der Waals surface area contributed by atoms with Gasteiger partial charge < -0.3 is 10.2 Å². The largest absolute Gasteiger partial charge is 0.327 e. The molecule has 2 saturated heterocycles. The highest BCUT2D eigenvalue weighted by Crippen LogP contribution is 2.23. The molecule has 0 aliphatic carbocycles. The van der Waals surface area contributed by atoms with Crippen molar-refractivity contribution in [2.75, 3.05) is 38.0 Å². The fourth-order valence-electron chi connectivity index (χ4n) is 4.31. The number of quaternary nitrogens is 1. The maximum absolute atomic E-state index is 12.7. The van der Waals surface area contributed by atoms with Crippen molar-refractivity contribution in [1.29, 1.82) is 0 Å². The smallest absolute Gasteiger partial charge is 0.279 e. The average Bonchev–Trinajstić information content (AvgIpc) is 3.09. The number of carbonyl (C=O) groups is 1. The van der Waals surface area contributed by atoms with Crippen molar-refractivity contribution in [3.63, 3.8) is 0 Å². The summed E-state index contributed by atoms with van der Waals surface area (Å²) in [7, 11) is -3.46. The third-order valence-corrected chi connectivity index (χ3v) is 7.20. The van der Waals surface area contributed by atoms with Crippen LogP contribution in [0.25, 0.3) is 0 Å². The number of piperidine rings is 1. The molecule has 0 radical (unpaired) electrons. The highest BCUT2D eigenvalue weighted by molar-refractivity contribution is 7.89. The van der Waals surface area contributed by atoms with Crippen LogP contribution in [0.4, 0.5) is 5.69 Å². The molecular formula is C19H30N3O3S+. The average molecular weight is 381 g/mol. The summed E-state index contributed by atoms with van der Waals surface area (Å²) in [4.78, 5) is 14.0. The van der Waals surface area contributed by atoms with Gasteiger partial charge in [-0.1, -0.05) is 19.9 Å². The number of nitrogens with zero attached hydrogens (tertiary/aromatic N) is 1. The van der Waals surface area contributed by atoms with Crippen molar-refractivity contribution in [1.82, 2.24) is 4.31 Å². The molecule has 26 heavy (non-hydrogen) atoms. The molecule has 0 saturated carbocycles. The van der Waals surface area contributed by atoms with Gasteiger partial charge in [0.25, 0.3) is 5.91 Å². The maximum atomic E-state index is 12.7. The Kier molecular flexibility index (Phi) is 5.99. The zero-order valence-electron chi connectivity index (χ0n) is 15.7. The lowest BCUT2D eigenvalue weighted by atomic mass is 9.92. The third-order valence-electron chi connectivity index (χ3n) is 5.31. The first-order chi connectivity index (χ1) is 12.3. The van der Waals surface area contributed by atoms with Crippen molar-refractivity contribution in [3.05, 3.63) is 24.3 Å². The lowest BCUT2D eigenvalue weighted by Crippen LogP contribution is -3.15. The van der Waals surface area contributed by atoms with Gasteiger partial charge in [-0.2, -0.15) is 4.31 Å². The molecule has 2 aliphatic rings. The standard InChI is InChI=1S/C19H29N3O3S/c1-15-10-16(2)13-21(12-15)14-19(23)20-17-6-5-7-18(11-17)26(24,25)22-8-3-4-9-22/h5-7,11,15-16H,3-4,8-10,12-14H2,1-2H3,(H,20,23)/p+1/t15-,16-/m1/s1. The number of hydrogen-bond acceptors (Lipinski definition) is 3. The van der Waals surface area contributed by atoms with Crippen LogP contribution in [-0.4, -0.2) is 51.4 Å². The van der Waals surface area contributed by atoms with Crippen molar-refractivity contribution in [2.24, 2.45) is 11.8 Å². The van der Waals surface area contributed by atoms with E-state index < -0.39 is 10.0 Å². The SMILES string of the molecule is C[C@@H]1C[C@@H](C)C[NH+](CC(=O)Nc2cccc(S(=O)(=O)N3CCCC3)c2)C1. The molecule has 144 valence electrons. The van der Waals surface area contributed by atoms with E-state index in [0.29, 0.717) is 37.2 Å². The van der Waals surface area contributed by atoms with Crippen LogP contribution in [0, 0.1) is 11.8 Å². The molecule has 1 aromatic rings. The second kappa shape index (κ2) is 8.06. The number of benzene rings is 1. The molecule has 6 nitrogen and oxygen atoms in total. The van der Waals surface area contributed by atoms with Gasteiger partial charge in [-0.3, -0.25) is 4.79 Å². The number of carbonyl (C=O) groups excluding carboxylic acids is 1. The molecule has 0 spiro atoms. The van der Waals surface area contributed by atoms with Crippen molar-refractivity contribution < 1.29 is 18.1 Å². The first kappa shape index (κ1) is 19.3. The van der Waals surface area contributed by atoms with Gasteiger partial charge in [0.2, 0.25) is 10.0 Å². The lowest BCUT2D eigenvalue weighted by Gasteiger charge is -2.31. The Morgan fingerprint density at radius 1 is 1.19 bits per heavy atom. The maximum Gasteiger partial charge on any atom is 0.279 e. The second-order valence-electron chi connectivity index (χ2n) is 7.97. The van der Waals surface area contributed by atoms with Crippen LogP contribution in [-0.2, 0) is 14.8 Å². The summed E-state index contributed by atoms with van der Waals surface area (Å²) in [5.74, 6) is 1.21. The predicted molar refractivity (Wildman–Crippen MR) is 102 cm³/mol. The van der Waals surface area contributed by atoms with E-state index in [2.05, 4.69) is 19.2 Å². The summed E-state index contributed by atoms with van der Waals surface area (Å²) >= 11 is 0. The van der Waals surface area contributed by atoms with Crippen molar-refractivity contribution >= 4 is 21.6 Å². The second-order valence-corrected chi connectivity index (χ2v) is 9.91. The number of nitrogens with one attached hydrogen (secondary N) is 2. The Bertz CT molecular complexity index is 734. The molecule has 2 atom stereocenters. The van der Waals surface area contributed by atoms with Crippen LogP contribution in [0.3, 0.4) is 0 Å². The Hall–Kier alpha value is -1.44. The Morgan fingerprint density at radius 2 is 1.85 bits per heavy atom. The molecule has 2 fully saturated rings. The molecule has 0 aromatic heterocycles. The zero-order chi connectivity index (χ0) is 18.7. The van der Waals surface area contributed by atoms with E-state index in [0.717, 1.165) is 25.9 Å². The minimum Gasteiger partial charge on any atom is -0.327 e. The summed E-state index contributed by atoms with van der Waals surface area (Å²) in [6.07, 6.45) is 3.04. The minimum absolute atomic E-state index is 0.0583. The molecule has 3 rings (SSSR count). The monoisotopic (exact) mass is 380 g/mol. The predicted octanol–water partition coefficient (Wildman–Crippen LogP) is 0.970. The molecule has 7 heteroatoms. The molecule has 1 aromatic carbocycles. The first-order valence-electron chi connectivity index (χ1n) is 9.58. The minimum atomic E-state index is -3.46. The van der Waals surface area contributed by atoms with Crippen molar-refractivity contribution in [3.8, 4) is 0 Å². The van der Waals surface area contributed by atoms with Gasteiger partial charge >= 0.3 is 0 Å².